The molecule has 0 aliphatic carbocycles. The van der Waals surface area contributed by atoms with Gasteiger partial charge in [-0.3, -0.25) is 4.79 Å². The first-order chi connectivity index (χ1) is 6.19. The lowest BCUT2D eigenvalue weighted by atomic mass is 10.1. The zero-order chi connectivity index (χ0) is 9.84. The number of hydrogen-bond acceptors (Lipinski definition) is 3. The van der Waals surface area contributed by atoms with Crippen LogP contribution in [0.1, 0.15) is 29.1 Å². The molecule has 0 aliphatic rings. The molecule has 0 aromatic carbocycles. The molecule has 3 nitrogen and oxygen atoms in total. The minimum Gasteiger partial charge on any atom is -0.481 e. The Morgan fingerprint density at radius 2 is 2.54 bits per heavy atom. The average molecular weight is 198 g/mol. The zero-order valence-electron chi connectivity index (χ0n) is 7.49. The molecule has 13 heavy (non-hydrogen) atoms. The highest BCUT2D eigenvalue weighted by Crippen LogP contribution is 2.24. The van der Waals surface area contributed by atoms with Crippen molar-refractivity contribution >= 4 is 17.3 Å². The van der Waals surface area contributed by atoms with Crippen molar-refractivity contribution in [3.05, 3.63) is 23.0 Å². The molecule has 0 bridgehead atoms. The fourth-order valence-corrected chi connectivity index (χ4v) is 2.05. The van der Waals surface area contributed by atoms with Crippen LogP contribution >= 0.6 is 11.3 Å². The Labute approximate surface area is 81.4 Å². The van der Waals surface area contributed by atoms with Crippen molar-refractivity contribution in [3.63, 3.8) is 0 Å². The lowest BCUT2D eigenvalue weighted by molar-refractivity contribution is -0.138. The van der Waals surface area contributed by atoms with Crippen molar-refractivity contribution in [2.75, 3.05) is 0 Å². The van der Waals surface area contributed by atoms with Gasteiger partial charge in [-0.2, -0.15) is 0 Å². The molecule has 0 saturated heterocycles. The molecule has 0 spiro atoms. The maximum Gasteiger partial charge on any atom is 0.313 e. The number of nitrogens with zero attached hydrogens (tertiary/aromatic N) is 1. The minimum atomic E-state index is -0.799. The van der Waals surface area contributed by atoms with E-state index in [4.69, 9.17) is 5.11 Å². The Balaban J connectivity index is 2.85. The monoisotopic (exact) mass is 198 g/mol. The molecule has 1 radical (unpaired) electrons. The van der Waals surface area contributed by atoms with Crippen LogP contribution in [0.2, 0.25) is 0 Å². The number of carbonyl (C=O) groups is 1. The Bertz CT molecular complexity index is 296. The molecule has 0 aliphatic heterocycles. The van der Waals surface area contributed by atoms with Crippen molar-refractivity contribution in [2.45, 2.75) is 25.7 Å². The summed E-state index contributed by atoms with van der Waals surface area (Å²) in [7, 11) is 0. The third kappa shape index (κ3) is 2.28. The summed E-state index contributed by atoms with van der Waals surface area (Å²) in [6.07, 6.45) is 2.96. The molecule has 1 heterocycles. The van der Waals surface area contributed by atoms with Crippen LogP contribution in [0.25, 0.3) is 0 Å². The summed E-state index contributed by atoms with van der Waals surface area (Å²) in [6.45, 7) is 5.57. The molecule has 1 unspecified atom stereocenters. The van der Waals surface area contributed by atoms with Gasteiger partial charge in [0.05, 0.1) is 0 Å². The van der Waals surface area contributed by atoms with Crippen molar-refractivity contribution in [1.82, 2.24) is 4.98 Å². The number of thiazole rings is 1. The van der Waals surface area contributed by atoms with Crippen LogP contribution in [-0.4, -0.2) is 16.1 Å². The van der Waals surface area contributed by atoms with E-state index in [1.54, 1.807) is 6.20 Å². The van der Waals surface area contributed by atoms with Crippen LogP contribution < -0.4 is 0 Å². The predicted octanol–water partition coefficient (Wildman–Crippen LogP) is 2.10. The SMILES string of the molecule is [CH2]Cc1cnc(C(CC)C(=O)O)s1. The number of carboxylic acids is 1. The van der Waals surface area contributed by atoms with Gasteiger partial charge in [0.1, 0.15) is 10.9 Å². The first-order valence-corrected chi connectivity index (χ1v) is 4.97. The molecule has 1 aromatic heterocycles. The van der Waals surface area contributed by atoms with E-state index in [0.717, 1.165) is 4.88 Å². The summed E-state index contributed by atoms with van der Waals surface area (Å²) in [5, 5.41) is 9.55. The molecule has 0 amide bonds. The van der Waals surface area contributed by atoms with Gasteiger partial charge in [-0.15, -0.1) is 11.3 Å². The molecular weight excluding hydrogens is 186 g/mol. The Morgan fingerprint density at radius 3 is 2.92 bits per heavy atom. The highest BCUT2D eigenvalue weighted by molar-refractivity contribution is 7.11. The van der Waals surface area contributed by atoms with Crippen molar-refractivity contribution in [1.29, 1.82) is 0 Å². The van der Waals surface area contributed by atoms with Crippen LogP contribution in [-0.2, 0) is 11.2 Å². The van der Waals surface area contributed by atoms with E-state index in [2.05, 4.69) is 11.9 Å². The van der Waals surface area contributed by atoms with Crippen molar-refractivity contribution < 1.29 is 9.90 Å². The molecule has 1 rings (SSSR count). The van der Waals surface area contributed by atoms with E-state index in [1.165, 1.54) is 11.3 Å². The summed E-state index contributed by atoms with van der Waals surface area (Å²) in [5.41, 5.74) is 0. The van der Waals surface area contributed by atoms with E-state index in [9.17, 15) is 4.79 Å². The fourth-order valence-electron chi connectivity index (χ4n) is 1.05. The van der Waals surface area contributed by atoms with Gasteiger partial charge in [0.25, 0.3) is 0 Å². The van der Waals surface area contributed by atoms with Gasteiger partial charge in [-0.1, -0.05) is 6.92 Å². The third-order valence-corrected chi connectivity index (χ3v) is 2.99. The second-order valence-corrected chi connectivity index (χ2v) is 3.86. The lowest BCUT2D eigenvalue weighted by Crippen LogP contribution is -2.09. The molecule has 4 heteroatoms. The number of hydrogen-bond donors (Lipinski definition) is 1. The largest absolute Gasteiger partial charge is 0.481 e. The Morgan fingerprint density at radius 1 is 1.85 bits per heavy atom. The molecule has 1 atom stereocenters. The summed E-state index contributed by atoms with van der Waals surface area (Å²) >= 11 is 1.44. The third-order valence-electron chi connectivity index (χ3n) is 1.82. The fraction of sp³-hybridized carbons (Fsp3) is 0.444. The van der Waals surface area contributed by atoms with Gasteiger partial charge < -0.3 is 5.11 Å². The standard InChI is InChI=1S/C9H12NO2S/c1-3-6-5-10-8(13-6)7(4-2)9(11)12/h5,7H,1,3-4H2,2H3,(H,11,12). The second kappa shape index (κ2) is 4.37. The Kier molecular flexibility index (Phi) is 3.42. The van der Waals surface area contributed by atoms with E-state index in [-0.39, 0.29) is 0 Å². The topological polar surface area (TPSA) is 50.2 Å². The van der Waals surface area contributed by atoms with E-state index >= 15 is 0 Å². The Hall–Kier alpha value is -0.900. The van der Waals surface area contributed by atoms with Gasteiger partial charge >= 0.3 is 5.97 Å². The first-order valence-electron chi connectivity index (χ1n) is 4.15. The normalized spacial score (nSPS) is 12.8. The van der Waals surface area contributed by atoms with E-state index in [0.29, 0.717) is 17.8 Å². The predicted molar refractivity (Wildman–Crippen MR) is 51.8 cm³/mol. The quantitative estimate of drug-likeness (QED) is 0.806. The molecule has 0 fully saturated rings. The van der Waals surface area contributed by atoms with Crippen LogP contribution in [0.15, 0.2) is 6.20 Å². The average Bonchev–Trinajstić information content (AvgIpc) is 2.53. The van der Waals surface area contributed by atoms with E-state index in [1.807, 2.05) is 6.92 Å². The number of aromatic nitrogens is 1. The summed E-state index contributed by atoms with van der Waals surface area (Å²) in [5.74, 6) is -1.25. The molecule has 1 aromatic rings. The molecular formula is C9H12NO2S. The summed E-state index contributed by atoms with van der Waals surface area (Å²) in [6, 6.07) is 0. The van der Waals surface area contributed by atoms with Gasteiger partial charge in [-0.25, -0.2) is 4.98 Å². The first kappa shape index (κ1) is 10.2. The molecule has 0 saturated carbocycles. The van der Waals surface area contributed by atoms with Gasteiger partial charge in [0, 0.05) is 11.1 Å². The van der Waals surface area contributed by atoms with Gasteiger partial charge in [0.15, 0.2) is 0 Å². The summed E-state index contributed by atoms with van der Waals surface area (Å²) in [4.78, 5) is 15.9. The van der Waals surface area contributed by atoms with Crippen LogP contribution in [0.3, 0.4) is 0 Å². The van der Waals surface area contributed by atoms with E-state index < -0.39 is 11.9 Å². The number of aliphatic carboxylic acids is 1. The number of carboxylic acid groups (broad SMARTS) is 1. The lowest BCUT2D eigenvalue weighted by Gasteiger charge is -2.03. The van der Waals surface area contributed by atoms with Crippen molar-refractivity contribution in [3.8, 4) is 0 Å². The molecule has 71 valence electrons. The van der Waals surface area contributed by atoms with Crippen molar-refractivity contribution in [2.24, 2.45) is 0 Å². The smallest absolute Gasteiger partial charge is 0.313 e. The maximum atomic E-state index is 10.8. The minimum absolute atomic E-state index is 0.453. The van der Waals surface area contributed by atoms with Crippen LogP contribution in [0.5, 0.6) is 0 Å². The highest BCUT2D eigenvalue weighted by atomic mass is 32.1. The number of rotatable bonds is 4. The van der Waals surface area contributed by atoms with Gasteiger partial charge in [-0.05, 0) is 19.8 Å². The maximum absolute atomic E-state index is 10.8. The summed E-state index contributed by atoms with van der Waals surface area (Å²) < 4.78 is 0. The highest BCUT2D eigenvalue weighted by Gasteiger charge is 2.20. The molecule has 1 N–H and O–H groups in total. The van der Waals surface area contributed by atoms with Gasteiger partial charge in [0.2, 0.25) is 0 Å². The van der Waals surface area contributed by atoms with Crippen LogP contribution in [0, 0.1) is 6.92 Å². The zero-order valence-corrected chi connectivity index (χ0v) is 8.30. The van der Waals surface area contributed by atoms with Crippen LogP contribution in [0.4, 0.5) is 0 Å². The second-order valence-electron chi connectivity index (χ2n) is 2.71.